The van der Waals surface area contributed by atoms with Crippen molar-refractivity contribution in [2.75, 3.05) is 6.61 Å². The molecule has 0 amide bonds. The Morgan fingerprint density at radius 1 is 1.44 bits per heavy atom. The molecule has 0 bridgehead atoms. The van der Waals surface area contributed by atoms with E-state index in [0.717, 1.165) is 23.0 Å². The fraction of sp³-hybridized carbons (Fsp3) is 0.429. The van der Waals surface area contributed by atoms with Gasteiger partial charge < -0.3 is 0 Å². The number of rotatable bonds is 3. The average Bonchev–Trinajstić information content (AvgIpc) is 3.04. The van der Waals surface area contributed by atoms with Gasteiger partial charge in [0.1, 0.15) is 0 Å². The van der Waals surface area contributed by atoms with E-state index in [9.17, 15) is 4.79 Å². The third-order valence-electron chi connectivity index (χ3n) is 3.32. The molecule has 3 rings (SSSR count). The Bertz CT molecular complexity index is 494. The Kier molecular flexibility index (Phi) is 3.00. The summed E-state index contributed by atoms with van der Waals surface area (Å²) in [6.07, 6.45) is 2.24. The van der Waals surface area contributed by atoms with Crippen molar-refractivity contribution < 1.29 is 9.53 Å². The van der Waals surface area contributed by atoms with Crippen molar-refractivity contribution in [2.45, 2.75) is 30.1 Å². The SMILES string of the molecule is CCOC(=O)C1N=C(c2ccccc2)[Se]C12CC2. The summed E-state index contributed by atoms with van der Waals surface area (Å²) in [6.45, 7) is 2.29. The standard InChI is InChI=1S/C14H15NO2Se/c1-2-17-13(16)11-14(8-9-14)18-12(15-11)10-6-4-3-5-7-10/h3-7,11H,2,8-9H2,1H3. The topological polar surface area (TPSA) is 38.7 Å². The monoisotopic (exact) mass is 309 g/mol. The molecule has 1 unspecified atom stereocenters. The molecule has 0 saturated heterocycles. The second-order valence-electron chi connectivity index (χ2n) is 4.62. The molecule has 1 aromatic carbocycles. The number of nitrogens with zero attached hydrogens (tertiary/aromatic N) is 1. The second kappa shape index (κ2) is 4.52. The van der Waals surface area contributed by atoms with Crippen molar-refractivity contribution in [3.63, 3.8) is 0 Å². The Hall–Kier alpha value is -1.12. The molecule has 0 aromatic heterocycles. The van der Waals surface area contributed by atoms with Crippen LogP contribution in [0.1, 0.15) is 25.3 Å². The van der Waals surface area contributed by atoms with Gasteiger partial charge in [0.2, 0.25) is 0 Å². The van der Waals surface area contributed by atoms with E-state index in [4.69, 9.17) is 4.74 Å². The van der Waals surface area contributed by atoms with Gasteiger partial charge in [0.15, 0.2) is 0 Å². The summed E-state index contributed by atoms with van der Waals surface area (Å²) < 4.78 is 6.42. The molecule has 94 valence electrons. The molecule has 1 aromatic rings. The Morgan fingerprint density at radius 2 is 2.17 bits per heavy atom. The van der Waals surface area contributed by atoms with Crippen molar-refractivity contribution in [2.24, 2.45) is 4.99 Å². The predicted octanol–water partition coefficient (Wildman–Crippen LogP) is 2.04. The van der Waals surface area contributed by atoms with Crippen molar-refractivity contribution >= 4 is 25.5 Å². The van der Waals surface area contributed by atoms with Crippen LogP contribution >= 0.6 is 0 Å². The van der Waals surface area contributed by atoms with Crippen molar-refractivity contribution in [1.29, 1.82) is 0 Å². The number of esters is 1. The van der Waals surface area contributed by atoms with Crippen molar-refractivity contribution in [1.82, 2.24) is 0 Å². The van der Waals surface area contributed by atoms with E-state index in [1.807, 2.05) is 25.1 Å². The van der Waals surface area contributed by atoms with E-state index < -0.39 is 0 Å². The first-order valence-electron chi connectivity index (χ1n) is 6.24. The Morgan fingerprint density at radius 3 is 2.78 bits per heavy atom. The summed E-state index contributed by atoms with van der Waals surface area (Å²) in [5.41, 5.74) is 1.16. The molecular formula is C14H15NO2Se. The van der Waals surface area contributed by atoms with Crippen LogP contribution in [0.2, 0.25) is 4.31 Å². The number of hydrogen-bond donors (Lipinski definition) is 0. The van der Waals surface area contributed by atoms with Gasteiger partial charge in [-0.3, -0.25) is 0 Å². The van der Waals surface area contributed by atoms with Crippen LogP contribution in [0, 0.1) is 0 Å². The maximum atomic E-state index is 12.0. The zero-order chi connectivity index (χ0) is 12.6. The van der Waals surface area contributed by atoms with Crippen LogP contribution in [-0.2, 0) is 9.53 Å². The zero-order valence-corrected chi connectivity index (χ0v) is 12.0. The number of aliphatic imine (C=N–C) groups is 1. The molecule has 1 atom stereocenters. The van der Waals surface area contributed by atoms with Crippen LogP contribution in [0.3, 0.4) is 0 Å². The first-order chi connectivity index (χ1) is 8.75. The molecule has 1 aliphatic heterocycles. The summed E-state index contributed by atoms with van der Waals surface area (Å²) in [5.74, 6) is -0.136. The molecule has 4 heteroatoms. The predicted molar refractivity (Wildman–Crippen MR) is 71.1 cm³/mol. The quantitative estimate of drug-likeness (QED) is 0.633. The van der Waals surface area contributed by atoms with Crippen molar-refractivity contribution in [3.05, 3.63) is 35.9 Å². The number of ether oxygens (including phenoxy) is 1. The van der Waals surface area contributed by atoms with E-state index in [2.05, 4.69) is 17.1 Å². The Balaban J connectivity index is 1.86. The molecule has 3 nitrogen and oxygen atoms in total. The molecule has 2 aliphatic rings. The van der Waals surface area contributed by atoms with Gasteiger partial charge in [0, 0.05) is 0 Å². The molecule has 1 heterocycles. The van der Waals surface area contributed by atoms with Crippen LogP contribution in [0.25, 0.3) is 0 Å². The summed E-state index contributed by atoms with van der Waals surface area (Å²) in [7, 11) is 0. The average molecular weight is 308 g/mol. The fourth-order valence-electron chi connectivity index (χ4n) is 2.21. The van der Waals surface area contributed by atoms with Gasteiger partial charge in [0.05, 0.1) is 0 Å². The second-order valence-corrected chi connectivity index (χ2v) is 7.57. The number of carbonyl (C=O) groups excluding carboxylic acids is 1. The summed E-state index contributed by atoms with van der Waals surface area (Å²) in [4.78, 5) is 16.6. The van der Waals surface area contributed by atoms with E-state index in [1.54, 1.807) is 0 Å². The molecule has 0 radical (unpaired) electrons. The van der Waals surface area contributed by atoms with Crippen LogP contribution in [0.4, 0.5) is 0 Å². The zero-order valence-electron chi connectivity index (χ0n) is 10.3. The number of carbonyl (C=O) groups is 1. The van der Waals surface area contributed by atoms with E-state index in [-0.39, 0.29) is 16.3 Å². The van der Waals surface area contributed by atoms with Crippen LogP contribution in [-0.4, -0.2) is 38.2 Å². The normalized spacial score (nSPS) is 23.8. The molecule has 1 aliphatic carbocycles. The summed E-state index contributed by atoms with van der Waals surface area (Å²) in [6, 6.07) is 9.94. The molecule has 18 heavy (non-hydrogen) atoms. The number of benzene rings is 1. The van der Waals surface area contributed by atoms with Crippen LogP contribution in [0.5, 0.6) is 0 Å². The molecular weight excluding hydrogens is 293 g/mol. The van der Waals surface area contributed by atoms with Crippen LogP contribution < -0.4 is 0 Å². The van der Waals surface area contributed by atoms with Gasteiger partial charge in [-0.15, -0.1) is 0 Å². The third-order valence-corrected chi connectivity index (χ3v) is 6.62. The van der Waals surface area contributed by atoms with Crippen LogP contribution in [0.15, 0.2) is 35.3 Å². The van der Waals surface area contributed by atoms with Gasteiger partial charge in [-0.05, 0) is 0 Å². The maximum absolute atomic E-state index is 12.0. The van der Waals surface area contributed by atoms with Gasteiger partial charge in [-0.1, -0.05) is 0 Å². The Labute approximate surface area is 113 Å². The third kappa shape index (κ3) is 2.00. The van der Waals surface area contributed by atoms with E-state index in [1.165, 1.54) is 0 Å². The molecule has 1 fully saturated rings. The molecule has 0 N–H and O–H groups in total. The fourth-order valence-corrected chi connectivity index (χ4v) is 5.07. The minimum atomic E-state index is -0.243. The van der Waals surface area contributed by atoms with E-state index in [0.29, 0.717) is 21.6 Å². The minimum absolute atomic E-state index is 0.136. The van der Waals surface area contributed by atoms with Gasteiger partial charge in [-0.25, -0.2) is 0 Å². The summed E-state index contributed by atoms with van der Waals surface area (Å²) in [5, 5.41) is 0. The molecule has 1 spiro atoms. The van der Waals surface area contributed by atoms with Gasteiger partial charge in [-0.2, -0.15) is 0 Å². The van der Waals surface area contributed by atoms with Crippen molar-refractivity contribution in [3.8, 4) is 0 Å². The number of hydrogen-bond acceptors (Lipinski definition) is 3. The van der Waals surface area contributed by atoms with Gasteiger partial charge >= 0.3 is 113 Å². The molecule has 1 saturated carbocycles. The first-order valence-corrected chi connectivity index (χ1v) is 7.95. The van der Waals surface area contributed by atoms with Gasteiger partial charge in [0.25, 0.3) is 0 Å². The summed E-state index contributed by atoms with van der Waals surface area (Å²) >= 11 is 0.297. The van der Waals surface area contributed by atoms with E-state index >= 15 is 0 Å². The first kappa shape index (κ1) is 11.9.